The van der Waals surface area contributed by atoms with E-state index in [1.54, 1.807) is 11.3 Å². The van der Waals surface area contributed by atoms with Gasteiger partial charge in [-0.1, -0.05) is 19.9 Å². The van der Waals surface area contributed by atoms with Gasteiger partial charge in [0.25, 0.3) is 0 Å². The lowest BCUT2D eigenvalue weighted by molar-refractivity contribution is 0.577. The number of thiazole rings is 1. The maximum atomic E-state index is 4.39. The van der Waals surface area contributed by atoms with Crippen molar-refractivity contribution < 1.29 is 0 Å². The van der Waals surface area contributed by atoms with Gasteiger partial charge in [0.1, 0.15) is 0 Å². The summed E-state index contributed by atoms with van der Waals surface area (Å²) in [4.78, 5) is 5.66. The van der Waals surface area contributed by atoms with Gasteiger partial charge in [0, 0.05) is 11.4 Å². The summed E-state index contributed by atoms with van der Waals surface area (Å²) < 4.78 is 0. The molecule has 1 rings (SSSR count). The van der Waals surface area contributed by atoms with Crippen LogP contribution < -0.4 is 5.32 Å². The number of hydrogen-bond acceptors (Lipinski definition) is 3. The highest BCUT2D eigenvalue weighted by molar-refractivity contribution is 7.12. The Balaban J connectivity index is 2.35. The molecule has 1 aromatic rings. The number of rotatable bonds is 5. The van der Waals surface area contributed by atoms with Crippen LogP contribution in [0.3, 0.4) is 0 Å². The molecule has 3 heteroatoms. The minimum Gasteiger partial charge on any atom is -0.313 e. The third-order valence-corrected chi connectivity index (χ3v) is 3.06. The fourth-order valence-corrected chi connectivity index (χ4v) is 2.18. The van der Waals surface area contributed by atoms with Crippen LogP contribution >= 0.6 is 11.3 Å². The minimum absolute atomic E-state index is 0.714. The van der Waals surface area contributed by atoms with E-state index in [2.05, 4.69) is 43.2 Å². The molecule has 2 nitrogen and oxygen atoms in total. The second kappa shape index (κ2) is 6.03. The monoisotopic (exact) mass is 224 g/mol. The van der Waals surface area contributed by atoms with E-state index >= 15 is 0 Å². The van der Waals surface area contributed by atoms with Gasteiger partial charge in [0.05, 0.1) is 10.7 Å². The molecule has 0 bridgehead atoms. The lowest BCUT2D eigenvalue weighted by Crippen LogP contribution is -2.19. The Morgan fingerprint density at radius 3 is 2.67 bits per heavy atom. The molecule has 0 aliphatic carbocycles. The van der Waals surface area contributed by atoms with E-state index in [-0.39, 0.29) is 0 Å². The Kier molecular flexibility index (Phi) is 4.99. The first kappa shape index (κ1) is 12.4. The minimum atomic E-state index is 0.714. The molecular weight excluding hydrogens is 204 g/mol. The summed E-state index contributed by atoms with van der Waals surface area (Å²) in [6.07, 6.45) is 4.33. The van der Waals surface area contributed by atoms with Crippen molar-refractivity contribution in [3.8, 4) is 0 Å². The summed E-state index contributed by atoms with van der Waals surface area (Å²) in [7, 11) is 0. The maximum absolute atomic E-state index is 4.39. The molecule has 1 aromatic heterocycles. The molecular formula is C12H20N2S. The molecule has 0 aromatic carbocycles. The number of nitrogens with zero attached hydrogens (tertiary/aromatic N) is 1. The van der Waals surface area contributed by atoms with E-state index < -0.39 is 0 Å². The molecule has 0 spiro atoms. The van der Waals surface area contributed by atoms with Crippen LogP contribution in [-0.4, -0.2) is 18.1 Å². The molecule has 0 unspecified atom stereocenters. The molecule has 84 valence electrons. The Labute approximate surface area is 96.4 Å². The van der Waals surface area contributed by atoms with E-state index in [4.69, 9.17) is 0 Å². The van der Waals surface area contributed by atoms with Gasteiger partial charge in [-0.2, -0.15) is 0 Å². The van der Waals surface area contributed by atoms with Gasteiger partial charge < -0.3 is 5.32 Å². The summed E-state index contributed by atoms with van der Waals surface area (Å²) in [6, 6.07) is 0. The standard InChI is InChI=1S/C12H20N2S/c1-9(2)8-13-7-5-6-12-10(3)14-11(4)15-12/h5-6,9,13H,7-8H2,1-4H3. The fourth-order valence-electron chi connectivity index (χ4n) is 1.32. The predicted molar refractivity (Wildman–Crippen MR) is 68.3 cm³/mol. The van der Waals surface area contributed by atoms with Crippen molar-refractivity contribution in [2.45, 2.75) is 27.7 Å². The third kappa shape index (κ3) is 4.58. The van der Waals surface area contributed by atoms with E-state index in [1.165, 1.54) is 4.88 Å². The van der Waals surface area contributed by atoms with E-state index in [9.17, 15) is 0 Å². The molecule has 1 heterocycles. The van der Waals surface area contributed by atoms with Gasteiger partial charge in [-0.05, 0) is 32.4 Å². The molecule has 0 fully saturated rings. The molecule has 0 radical (unpaired) electrons. The Morgan fingerprint density at radius 1 is 1.40 bits per heavy atom. The summed E-state index contributed by atoms with van der Waals surface area (Å²) in [5.74, 6) is 0.714. The zero-order chi connectivity index (χ0) is 11.3. The van der Waals surface area contributed by atoms with Gasteiger partial charge in [0.15, 0.2) is 0 Å². The third-order valence-electron chi connectivity index (χ3n) is 2.02. The number of nitrogens with one attached hydrogen (secondary N) is 1. The average molecular weight is 224 g/mol. The van der Waals surface area contributed by atoms with Crippen LogP contribution in [0.5, 0.6) is 0 Å². The first-order valence-corrected chi connectivity index (χ1v) is 6.22. The van der Waals surface area contributed by atoms with Crippen molar-refractivity contribution in [2.75, 3.05) is 13.1 Å². The smallest absolute Gasteiger partial charge is 0.0903 e. The van der Waals surface area contributed by atoms with Crippen LogP contribution in [0.2, 0.25) is 0 Å². The van der Waals surface area contributed by atoms with E-state index in [0.717, 1.165) is 23.8 Å². The fraction of sp³-hybridized carbons (Fsp3) is 0.583. The highest BCUT2D eigenvalue weighted by Gasteiger charge is 1.99. The molecule has 1 N–H and O–H groups in total. The molecule has 0 atom stereocenters. The molecule has 0 saturated heterocycles. The molecule has 0 saturated carbocycles. The van der Waals surface area contributed by atoms with Crippen LogP contribution in [0, 0.1) is 19.8 Å². The number of aryl methyl sites for hydroxylation is 2. The Bertz CT molecular complexity index is 326. The zero-order valence-corrected chi connectivity index (χ0v) is 10.8. The van der Waals surface area contributed by atoms with Gasteiger partial charge in [-0.25, -0.2) is 4.98 Å². The second-order valence-corrected chi connectivity index (χ2v) is 5.37. The van der Waals surface area contributed by atoms with E-state index in [0.29, 0.717) is 5.92 Å². The number of hydrogen-bond donors (Lipinski definition) is 1. The van der Waals surface area contributed by atoms with Crippen molar-refractivity contribution in [3.05, 3.63) is 21.7 Å². The first-order chi connectivity index (χ1) is 7.09. The van der Waals surface area contributed by atoms with Crippen molar-refractivity contribution in [2.24, 2.45) is 5.92 Å². The van der Waals surface area contributed by atoms with E-state index in [1.807, 2.05) is 6.92 Å². The van der Waals surface area contributed by atoms with Crippen molar-refractivity contribution in [3.63, 3.8) is 0 Å². The van der Waals surface area contributed by atoms with Crippen LogP contribution in [0.4, 0.5) is 0 Å². The van der Waals surface area contributed by atoms with Crippen LogP contribution in [-0.2, 0) is 0 Å². The first-order valence-electron chi connectivity index (χ1n) is 5.41. The maximum Gasteiger partial charge on any atom is 0.0903 e. The quantitative estimate of drug-likeness (QED) is 0.778. The zero-order valence-electron chi connectivity index (χ0n) is 10.0. The summed E-state index contributed by atoms with van der Waals surface area (Å²) in [6.45, 7) is 10.6. The SMILES string of the molecule is Cc1nc(C)c(C=CCNCC(C)C)s1. The van der Waals surface area contributed by atoms with Crippen LogP contribution in [0.25, 0.3) is 6.08 Å². The van der Waals surface area contributed by atoms with Crippen LogP contribution in [0.1, 0.15) is 29.4 Å². The molecule has 0 amide bonds. The average Bonchev–Trinajstić information content (AvgIpc) is 2.44. The molecule has 0 aliphatic heterocycles. The Hall–Kier alpha value is -0.670. The normalized spacial score (nSPS) is 11.8. The Morgan fingerprint density at radius 2 is 2.13 bits per heavy atom. The largest absolute Gasteiger partial charge is 0.313 e. The van der Waals surface area contributed by atoms with Crippen LogP contribution in [0.15, 0.2) is 6.08 Å². The van der Waals surface area contributed by atoms with Crippen molar-refractivity contribution in [1.82, 2.24) is 10.3 Å². The lowest BCUT2D eigenvalue weighted by Gasteiger charge is -2.03. The number of aromatic nitrogens is 1. The summed E-state index contributed by atoms with van der Waals surface area (Å²) >= 11 is 1.75. The molecule has 15 heavy (non-hydrogen) atoms. The van der Waals surface area contributed by atoms with Gasteiger partial charge in [-0.15, -0.1) is 11.3 Å². The van der Waals surface area contributed by atoms with Gasteiger partial charge in [0.2, 0.25) is 0 Å². The van der Waals surface area contributed by atoms with Gasteiger partial charge in [-0.3, -0.25) is 0 Å². The van der Waals surface area contributed by atoms with Gasteiger partial charge >= 0.3 is 0 Å². The highest BCUT2D eigenvalue weighted by atomic mass is 32.1. The summed E-state index contributed by atoms with van der Waals surface area (Å²) in [5.41, 5.74) is 1.14. The second-order valence-electron chi connectivity index (χ2n) is 4.14. The highest BCUT2D eigenvalue weighted by Crippen LogP contribution is 2.18. The van der Waals surface area contributed by atoms with Crippen molar-refractivity contribution in [1.29, 1.82) is 0 Å². The lowest BCUT2D eigenvalue weighted by atomic mass is 10.2. The summed E-state index contributed by atoms with van der Waals surface area (Å²) in [5, 5.41) is 4.52. The van der Waals surface area contributed by atoms with Crippen molar-refractivity contribution >= 4 is 17.4 Å². The topological polar surface area (TPSA) is 24.9 Å². The molecule has 0 aliphatic rings. The predicted octanol–water partition coefficient (Wildman–Crippen LogP) is 3.02.